The predicted octanol–water partition coefficient (Wildman–Crippen LogP) is 16.1. The number of benzene rings is 4. The first kappa shape index (κ1) is 88.0. The lowest BCUT2D eigenvalue weighted by Gasteiger charge is -2.31. The number of carbonyl (C=O) groups is 4. The molecule has 3 N–H and O–H groups in total. The van der Waals surface area contributed by atoms with Crippen molar-refractivity contribution in [2.45, 2.75) is 177 Å². The second kappa shape index (κ2) is 38.0. The summed E-state index contributed by atoms with van der Waals surface area (Å²) in [5.41, 5.74) is 1.29. The molecule has 2 unspecified atom stereocenters. The molecule has 6 aromatic rings. The zero-order valence-electron chi connectivity index (χ0n) is 59.9. The van der Waals surface area contributed by atoms with Gasteiger partial charge in [-0.2, -0.15) is 53.3 Å². The van der Waals surface area contributed by atoms with E-state index in [4.69, 9.17) is 10.5 Å². The number of nitrogens with two attached hydrogens (primary N) is 1. The summed E-state index contributed by atoms with van der Waals surface area (Å²) in [6.45, 7) is 25.5. The highest BCUT2D eigenvalue weighted by atomic mass is 32.1. The average Bonchev–Trinajstić information content (AvgIpc) is 0.759. The Morgan fingerprint density at radius 1 is 0.534 bits per heavy atom. The lowest BCUT2D eigenvalue weighted by molar-refractivity contribution is -0.144. The molecule has 2 aliphatic heterocycles. The van der Waals surface area contributed by atoms with Gasteiger partial charge >= 0.3 is 30.3 Å². The third-order valence-electron chi connectivity index (χ3n) is 18.3. The van der Waals surface area contributed by atoms with Crippen LogP contribution in [-0.2, 0) is 53.8 Å². The fraction of sp³-hybridized carbons (Fsp3) is 0.493. The summed E-state index contributed by atoms with van der Waals surface area (Å²) in [7, 11) is 0. The van der Waals surface area contributed by atoms with Gasteiger partial charge in [0.05, 0.1) is 43.2 Å². The third kappa shape index (κ3) is 22.3. The summed E-state index contributed by atoms with van der Waals surface area (Å²) < 4.78 is 187. The second-order valence-electron chi connectivity index (χ2n) is 26.7. The van der Waals surface area contributed by atoms with E-state index in [0.29, 0.717) is 25.0 Å². The molecule has 2 aromatic heterocycles. The molecule has 2 saturated heterocycles. The smallest absolute Gasteiger partial charge is 0.419 e. The molecule has 0 radical (unpaired) electrons. The van der Waals surface area contributed by atoms with Crippen LogP contribution in [0.25, 0.3) is 22.3 Å². The zero-order chi connectivity index (χ0) is 75.4. The van der Waals surface area contributed by atoms with Crippen molar-refractivity contribution in [2.24, 2.45) is 17.6 Å². The number of halogens is 12. The van der Waals surface area contributed by atoms with Crippen molar-refractivity contribution in [1.29, 1.82) is 0 Å². The van der Waals surface area contributed by atoms with E-state index < -0.39 is 153 Å². The summed E-state index contributed by atoms with van der Waals surface area (Å²) in [5.74, 6) is -13.5. The molecule has 8 rings (SSSR count). The van der Waals surface area contributed by atoms with Crippen LogP contribution in [0.1, 0.15) is 177 Å². The largest absolute Gasteiger partial charge is 0.480 e. The van der Waals surface area contributed by atoms with E-state index in [1.807, 2.05) is 34.6 Å². The maximum Gasteiger partial charge on any atom is 0.419 e. The molecule has 568 valence electrons. The van der Waals surface area contributed by atoms with Crippen LogP contribution in [0.15, 0.2) is 70.5 Å². The Balaban J connectivity index is 0.000000358. The van der Waals surface area contributed by atoms with Crippen LogP contribution in [0.2, 0.25) is 0 Å². The van der Waals surface area contributed by atoms with Crippen molar-refractivity contribution in [1.82, 2.24) is 18.9 Å². The van der Waals surface area contributed by atoms with Crippen molar-refractivity contribution < 1.29 is 86.4 Å². The molecule has 0 spiro atoms. The number of hydrogen-bond acceptors (Lipinski definition) is 11. The number of nitrogens with zero attached hydrogens (tertiary/aromatic N) is 4. The number of carboxylic acid groups (broad SMARTS) is 1. The Bertz CT molecular complexity index is 4110. The number of hydrogen-bond donors (Lipinski definition) is 2. The van der Waals surface area contributed by atoms with Crippen molar-refractivity contribution in [3.8, 4) is 22.3 Å². The van der Waals surface area contributed by atoms with Gasteiger partial charge in [0.1, 0.15) is 40.9 Å². The number of carboxylic acids is 1. The molecule has 103 heavy (non-hydrogen) atoms. The SMILES string of the molecule is CCOC(=O)C[C@H](CC(=O)C(CC(C)C)n1cc(CCN2CCC2)c(C)cc1=O)c1c(F)c(-c2c(C)ccc(F)c2C)cc(C(F)(F)F)c1F.CCOC(=O)C[C@H](N)c1c(F)c(-c2c(C)ccc(F)c2C)cc(C(F)(F)F)c1F.Cc1cc(=O)n(C(CC(C)C)C(=O)O)cc1CCN1CCC1.S.S. The zero-order valence-corrected chi connectivity index (χ0v) is 61.9. The Morgan fingerprint density at radius 3 is 1.28 bits per heavy atom. The minimum absolute atomic E-state index is 0. The van der Waals surface area contributed by atoms with Gasteiger partial charge in [0, 0.05) is 78.3 Å². The van der Waals surface area contributed by atoms with Gasteiger partial charge in [-0.25, -0.2) is 31.1 Å². The fourth-order valence-electron chi connectivity index (χ4n) is 12.6. The predicted molar refractivity (Wildman–Crippen MR) is 380 cm³/mol. The Hall–Kier alpha value is -7.40. The number of ketones is 1. The van der Waals surface area contributed by atoms with Crippen molar-refractivity contribution in [2.75, 3.05) is 52.5 Å². The van der Waals surface area contributed by atoms with Gasteiger partial charge in [0.2, 0.25) is 0 Å². The van der Waals surface area contributed by atoms with Crippen LogP contribution in [0.5, 0.6) is 0 Å². The van der Waals surface area contributed by atoms with Crippen LogP contribution >= 0.6 is 27.0 Å². The standard InChI is InChI=1S/C38H44F6N2O4.C20H19F6NO2.C17H26N2O3.2H2S/c1-7-50-33(49)18-26(35-36(40)27(19-28(37(35)41)38(42,43)44)34-22(4)9-10-29(39)24(34)6)17-31(47)30(15-21(2)3)46-20-25(23(5)16-32(46)48)11-14-45-12-8-13-45;1-4-29-15(28)8-14(27)17-18(22)11(7-12(19(17)23)20(24,25)26)16-9(2)5-6-13(21)10(16)3;1-12(2)9-15(17(21)22)19-11-14(13(3)10-16(19)20)5-8-18-6-4-7-18;;/h9-10,16,19-21,26,30H,7-8,11-15,17-18H2,1-6H3;5-7,14H,4,8,27H2,1-3H3;10-12,15H,4-9H2,1-3H3,(H,21,22);2*1H2/t26-,30?;14-;;;/m00.../s1. The van der Waals surface area contributed by atoms with Crippen LogP contribution in [0.4, 0.5) is 52.7 Å². The van der Waals surface area contributed by atoms with E-state index in [0.717, 1.165) is 86.5 Å². The molecular formula is C75H93F12N5O9S2. The molecule has 2 aliphatic rings. The van der Waals surface area contributed by atoms with Gasteiger partial charge in [-0.15, -0.1) is 0 Å². The van der Waals surface area contributed by atoms with Crippen molar-refractivity contribution in [3.63, 3.8) is 0 Å². The highest BCUT2D eigenvalue weighted by Crippen LogP contribution is 2.45. The molecule has 4 heterocycles. The number of ether oxygens (including phenoxy) is 2. The second-order valence-corrected chi connectivity index (χ2v) is 26.7. The van der Waals surface area contributed by atoms with Gasteiger partial charge in [-0.1, -0.05) is 39.8 Å². The van der Waals surface area contributed by atoms with Crippen LogP contribution in [0.3, 0.4) is 0 Å². The summed E-state index contributed by atoms with van der Waals surface area (Å²) >= 11 is 0. The van der Waals surface area contributed by atoms with E-state index in [9.17, 15) is 73.4 Å². The maximum atomic E-state index is 16.6. The number of likely N-dealkylation sites (tertiary alicyclic amines) is 2. The minimum Gasteiger partial charge on any atom is -0.480 e. The van der Waals surface area contributed by atoms with E-state index >= 15 is 13.2 Å². The van der Waals surface area contributed by atoms with Crippen molar-refractivity contribution >= 4 is 50.7 Å². The third-order valence-corrected chi connectivity index (χ3v) is 18.3. The molecule has 4 aromatic carbocycles. The number of rotatable bonds is 26. The quantitative estimate of drug-likeness (QED) is 0.0388. The van der Waals surface area contributed by atoms with Gasteiger partial charge in [-0.3, -0.25) is 24.0 Å². The molecule has 0 aliphatic carbocycles. The fourth-order valence-corrected chi connectivity index (χ4v) is 12.6. The first-order valence-corrected chi connectivity index (χ1v) is 33.6. The molecule has 2 fully saturated rings. The first-order chi connectivity index (χ1) is 47.2. The lowest BCUT2D eigenvalue weighted by atomic mass is 9.83. The molecule has 0 saturated carbocycles. The van der Waals surface area contributed by atoms with E-state index in [1.165, 1.54) is 75.3 Å². The number of carbonyl (C=O) groups excluding carboxylic acids is 3. The van der Waals surface area contributed by atoms with Gasteiger partial charge in [-0.05, 0) is 212 Å². The van der Waals surface area contributed by atoms with Crippen LogP contribution in [0, 0.1) is 88.3 Å². The van der Waals surface area contributed by atoms with E-state index in [-0.39, 0.29) is 97.4 Å². The topological polar surface area (TPSA) is 183 Å². The lowest BCUT2D eigenvalue weighted by Crippen LogP contribution is -2.38. The number of esters is 2. The highest BCUT2D eigenvalue weighted by molar-refractivity contribution is 7.59. The number of aliphatic carboxylic acids is 1. The molecule has 0 bridgehead atoms. The Morgan fingerprint density at radius 2 is 0.913 bits per heavy atom. The Kier molecular flexibility index (Phi) is 32.5. The molecule has 28 heteroatoms. The average molecular weight is 1500 g/mol. The summed E-state index contributed by atoms with van der Waals surface area (Å²) in [6.07, 6.45) is -5.00. The minimum atomic E-state index is -5.31. The number of pyridine rings is 2. The molecule has 14 nitrogen and oxygen atoms in total. The summed E-state index contributed by atoms with van der Waals surface area (Å²) in [4.78, 5) is 80.4. The first-order valence-electron chi connectivity index (χ1n) is 33.6. The number of aromatic nitrogens is 2. The number of Topliss-reactive ketones (excluding diaryl/α,β-unsaturated/α-hetero) is 1. The van der Waals surface area contributed by atoms with Crippen LogP contribution in [-0.4, -0.2) is 100 Å². The molecular weight excluding hydrogens is 1410 g/mol. The van der Waals surface area contributed by atoms with Crippen molar-refractivity contribution in [3.05, 3.63) is 183 Å². The number of alkyl halides is 6. The summed E-state index contributed by atoms with van der Waals surface area (Å²) in [5, 5.41) is 9.46. The van der Waals surface area contributed by atoms with Gasteiger partial charge in [0.25, 0.3) is 11.1 Å². The van der Waals surface area contributed by atoms with Gasteiger partial charge < -0.3 is 39.2 Å². The maximum absolute atomic E-state index is 16.6. The molecule has 4 atom stereocenters. The van der Waals surface area contributed by atoms with E-state index in [2.05, 4.69) is 14.5 Å². The van der Waals surface area contributed by atoms with E-state index in [1.54, 1.807) is 25.4 Å². The highest BCUT2D eigenvalue weighted by Gasteiger charge is 2.42. The summed E-state index contributed by atoms with van der Waals surface area (Å²) in [6, 6.07) is 4.63. The molecule has 0 amide bonds. The van der Waals surface area contributed by atoms with Crippen LogP contribution < -0.4 is 16.9 Å². The normalized spacial score (nSPS) is 14.3. The monoisotopic (exact) mass is 1500 g/mol. The number of aryl methyl sites for hydroxylation is 4. The van der Waals surface area contributed by atoms with Gasteiger partial charge in [0.15, 0.2) is 5.78 Å². The Labute approximate surface area is 606 Å².